The van der Waals surface area contributed by atoms with Crippen LogP contribution >= 0.6 is 22.7 Å². The number of nitrogens with zero attached hydrogens (tertiary/aromatic N) is 1. The van der Waals surface area contributed by atoms with Gasteiger partial charge in [-0.25, -0.2) is 0 Å². The minimum Gasteiger partial charge on any atom is -0.308 e. The first-order valence-corrected chi connectivity index (χ1v) is 18.9. The molecular formula is C48H31NS2. The Hall–Kier alpha value is -6.00. The second-order valence-corrected chi connectivity index (χ2v) is 15.0. The number of hydrogen-bond donors (Lipinski definition) is 0. The summed E-state index contributed by atoms with van der Waals surface area (Å²) >= 11 is 3.75. The third-order valence-corrected chi connectivity index (χ3v) is 12.2. The highest BCUT2D eigenvalue weighted by Crippen LogP contribution is 2.51. The summed E-state index contributed by atoms with van der Waals surface area (Å²) < 4.78 is 5.18. The van der Waals surface area contributed by atoms with Crippen molar-refractivity contribution in [2.75, 3.05) is 4.90 Å². The average Bonchev–Trinajstić information content (AvgIpc) is 3.77. The van der Waals surface area contributed by atoms with Crippen molar-refractivity contribution in [2.45, 2.75) is 0 Å². The molecule has 0 aliphatic heterocycles. The van der Waals surface area contributed by atoms with Crippen LogP contribution < -0.4 is 4.90 Å². The lowest BCUT2D eigenvalue weighted by Gasteiger charge is -2.31. The summed E-state index contributed by atoms with van der Waals surface area (Å²) in [7, 11) is 0. The SMILES string of the molecule is c1ccc(-c2ccccc2N(c2cccc(-c3ccccc3)c2-c2ccc3c(c2)sc2ccccc23)c2cccc3c2sc2ccccc23)cc1. The van der Waals surface area contributed by atoms with E-state index in [0.717, 1.165) is 11.4 Å². The summed E-state index contributed by atoms with van der Waals surface area (Å²) in [6.07, 6.45) is 0. The van der Waals surface area contributed by atoms with Gasteiger partial charge in [-0.2, -0.15) is 0 Å². The van der Waals surface area contributed by atoms with Crippen LogP contribution in [0, 0.1) is 0 Å². The number of benzene rings is 8. The van der Waals surface area contributed by atoms with Crippen molar-refractivity contribution in [1.29, 1.82) is 0 Å². The fourth-order valence-electron chi connectivity index (χ4n) is 7.60. The topological polar surface area (TPSA) is 3.24 Å². The molecule has 0 spiro atoms. The lowest BCUT2D eigenvalue weighted by molar-refractivity contribution is 1.30. The molecule has 0 unspecified atom stereocenters. The molecule has 0 N–H and O–H groups in total. The van der Waals surface area contributed by atoms with Crippen molar-refractivity contribution in [3.8, 4) is 33.4 Å². The minimum atomic E-state index is 1.14. The molecule has 8 aromatic carbocycles. The molecule has 10 aromatic rings. The molecule has 2 aromatic heterocycles. The third-order valence-electron chi connectivity index (χ3n) is 9.89. The van der Waals surface area contributed by atoms with Crippen LogP contribution in [0.5, 0.6) is 0 Å². The van der Waals surface area contributed by atoms with Crippen LogP contribution in [0.2, 0.25) is 0 Å². The van der Waals surface area contributed by atoms with E-state index in [9.17, 15) is 0 Å². The van der Waals surface area contributed by atoms with Gasteiger partial charge in [0.15, 0.2) is 0 Å². The van der Waals surface area contributed by atoms with Crippen molar-refractivity contribution in [2.24, 2.45) is 0 Å². The molecule has 0 saturated carbocycles. The van der Waals surface area contributed by atoms with Crippen LogP contribution in [0.15, 0.2) is 188 Å². The first-order chi connectivity index (χ1) is 25.3. The standard InChI is InChI=1S/C48H31NS2/c1-3-15-32(16-4-1)35-19-7-10-24-41(35)49(43-26-14-23-40-38-21-9-12-28-45(38)51-48(40)43)42-25-13-22-36(33-17-5-2-6-18-33)47(42)34-29-30-39-37-20-8-11-27-44(37)50-46(39)31-34/h1-31H. The van der Waals surface area contributed by atoms with Crippen molar-refractivity contribution in [1.82, 2.24) is 0 Å². The Morgan fingerprint density at radius 3 is 1.63 bits per heavy atom. The van der Waals surface area contributed by atoms with E-state index in [1.807, 2.05) is 22.7 Å². The van der Waals surface area contributed by atoms with Crippen molar-refractivity contribution < 1.29 is 0 Å². The van der Waals surface area contributed by atoms with Crippen LogP contribution in [0.1, 0.15) is 0 Å². The van der Waals surface area contributed by atoms with Gasteiger partial charge < -0.3 is 4.90 Å². The van der Waals surface area contributed by atoms with Crippen LogP contribution in [0.4, 0.5) is 17.1 Å². The molecule has 240 valence electrons. The van der Waals surface area contributed by atoms with E-state index in [1.54, 1.807) is 0 Å². The summed E-state index contributed by atoms with van der Waals surface area (Å²) in [5.74, 6) is 0. The first-order valence-electron chi connectivity index (χ1n) is 17.3. The van der Waals surface area contributed by atoms with Crippen molar-refractivity contribution >= 4 is 80.1 Å². The minimum absolute atomic E-state index is 1.14. The quantitative estimate of drug-likeness (QED) is 0.168. The van der Waals surface area contributed by atoms with Gasteiger partial charge in [0.1, 0.15) is 0 Å². The number of thiophene rings is 2. The third kappa shape index (κ3) is 5.05. The smallest absolute Gasteiger partial charge is 0.0640 e. The average molecular weight is 686 g/mol. The van der Waals surface area contributed by atoms with E-state index in [-0.39, 0.29) is 0 Å². The van der Waals surface area contributed by atoms with Gasteiger partial charge >= 0.3 is 0 Å². The number of anilines is 3. The lowest BCUT2D eigenvalue weighted by atomic mass is 9.91. The second kappa shape index (κ2) is 12.4. The predicted octanol–water partition coefficient (Wildman–Crippen LogP) is 14.9. The van der Waals surface area contributed by atoms with Crippen molar-refractivity contribution in [3.05, 3.63) is 188 Å². The van der Waals surface area contributed by atoms with Gasteiger partial charge in [-0.05, 0) is 58.7 Å². The summed E-state index contributed by atoms with van der Waals surface area (Å²) in [5.41, 5.74) is 10.7. The molecule has 1 nitrogen and oxygen atoms in total. The molecule has 0 atom stereocenters. The Morgan fingerprint density at radius 2 is 0.843 bits per heavy atom. The number of para-hydroxylation sites is 1. The normalized spacial score (nSPS) is 11.5. The summed E-state index contributed by atoms with van der Waals surface area (Å²) in [4.78, 5) is 2.52. The maximum atomic E-state index is 2.52. The molecule has 0 radical (unpaired) electrons. The molecule has 0 bridgehead atoms. The molecule has 51 heavy (non-hydrogen) atoms. The van der Waals surface area contributed by atoms with Crippen LogP contribution in [-0.2, 0) is 0 Å². The highest BCUT2D eigenvalue weighted by molar-refractivity contribution is 7.26. The molecule has 3 heteroatoms. The van der Waals surface area contributed by atoms with E-state index in [2.05, 4.69) is 193 Å². The Kier molecular flexibility index (Phi) is 7.26. The van der Waals surface area contributed by atoms with Gasteiger partial charge in [-0.15, -0.1) is 22.7 Å². The monoisotopic (exact) mass is 685 g/mol. The number of fused-ring (bicyclic) bond motifs is 6. The van der Waals surface area contributed by atoms with E-state index in [0.29, 0.717) is 0 Å². The predicted molar refractivity (Wildman–Crippen MR) is 223 cm³/mol. The van der Waals surface area contributed by atoms with Gasteiger partial charge in [0, 0.05) is 46.8 Å². The van der Waals surface area contributed by atoms with E-state index in [4.69, 9.17) is 0 Å². The fraction of sp³-hybridized carbons (Fsp3) is 0. The summed E-state index contributed by atoms with van der Waals surface area (Å²) in [6, 6.07) is 68.7. The van der Waals surface area contributed by atoms with E-state index < -0.39 is 0 Å². The van der Waals surface area contributed by atoms with Crippen LogP contribution in [0.25, 0.3) is 73.7 Å². The number of hydrogen-bond acceptors (Lipinski definition) is 3. The molecule has 0 fully saturated rings. The molecule has 2 heterocycles. The first kappa shape index (κ1) is 29.9. The summed E-state index contributed by atoms with van der Waals surface area (Å²) in [6.45, 7) is 0. The molecular weight excluding hydrogens is 655 g/mol. The Bertz CT molecular complexity index is 2860. The van der Waals surface area contributed by atoms with Gasteiger partial charge in [0.05, 0.1) is 21.8 Å². The lowest BCUT2D eigenvalue weighted by Crippen LogP contribution is -2.13. The fourth-order valence-corrected chi connectivity index (χ4v) is 9.95. The van der Waals surface area contributed by atoms with Crippen molar-refractivity contribution in [3.63, 3.8) is 0 Å². The Labute approximate surface area is 304 Å². The molecule has 10 rings (SSSR count). The maximum absolute atomic E-state index is 2.52. The Balaban J connectivity index is 1.32. The Morgan fingerprint density at radius 1 is 0.314 bits per heavy atom. The van der Waals surface area contributed by atoms with Gasteiger partial charge in [0.25, 0.3) is 0 Å². The summed E-state index contributed by atoms with van der Waals surface area (Å²) in [5, 5.41) is 5.20. The molecule has 0 saturated heterocycles. The van der Waals surface area contributed by atoms with Gasteiger partial charge in [-0.3, -0.25) is 0 Å². The van der Waals surface area contributed by atoms with Gasteiger partial charge in [0.2, 0.25) is 0 Å². The van der Waals surface area contributed by atoms with E-state index in [1.165, 1.54) is 79.4 Å². The molecule has 0 aliphatic rings. The maximum Gasteiger partial charge on any atom is 0.0640 e. The second-order valence-electron chi connectivity index (χ2n) is 12.8. The van der Waals surface area contributed by atoms with Crippen LogP contribution in [-0.4, -0.2) is 0 Å². The zero-order valence-electron chi connectivity index (χ0n) is 27.7. The van der Waals surface area contributed by atoms with Gasteiger partial charge in [-0.1, -0.05) is 152 Å². The van der Waals surface area contributed by atoms with E-state index >= 15 is 0 Å². The zero-order valence-corrected chi connectivity index (χ0v) is 29.3. The largest absolute Gasteiger partial charge is 0.308 e. The number of rotatable bonds is 6. The molecule has 0 amide bonds. The zero-order chi connectivity index (χ0) is 33.7. The highest BCUT2D eigenvalue weighted by atomic mass is 32.1. The molecule has 0 aliphatic carbocycles. The highest BCUT2D eigenvalue weighted by Gasteiger charge is 2.25. The van der Waals surface area contributed by atoms with Crippen LogP contribution in [0.3, 0.4) is 0 Å².